The van der Waals surface area contributed by atoms with Gasteiger partial charge in [0.05, 0.1) is 18.2 Å². The molecule has 5 nitrogen and oxygen atoms in total. The van der Waals surface area contributed by atoms with Gasteiger partial charge in [0, 0.05) is 37.8 Å². The molecule has 0 bridgehead atoms. The molecular formula is C18H27Cl2N3O2. The van der Waals surface area contributed by atoms with Crippen LogP contribution in [0.2, 0.25) is 5.02 Å². The molecular weight excluding hydrogens is 361 g/mol. The second-order valence-corrected chi connectivity index (χ2v) is 6.86. The van der Waals surface area contributed by atoms with Gasteiger partial charge in [0.15, 0.2) is 0 Å². The van der Waals surface area contributed by atoms with Crippen LogP contribution in [0.25, 0.3) is 0 Å². The summed E-state index contributed by atoms with van der Waals surface area (Å²) < 4.78 is 5.74. The Morgan fingerprint density at radius 1 is 1.36 bits per heavy atom. The summed E-state index contributed by atoms with van der Waals surface area (Å²) >= 11 is 6.29. The standard InChI is InChI=1S/C18H26ClN3O2.ClH/c1-2-24-18-14(5-3-7-16(18)19)12-21-9-4-6-15(13-21)22-10-8-20-11-17(22)23;/h3,5,7,15,20H,2,4,6,8-13H2,1H3;1H. The van der Waals surface area contributed by atoms with Crippen molar-refractivity contribution in [1.82, 2.24) is 15.1 Å². The Morgan fingerprint density at radius 2 is 2.20 bits per heavy atom. The van der Waals surface area contributed by atoms with E-state index in [1.807, 2.05) is 19.1 Å². The van der Waals surface area contributed by atoms with Gasteiger partial charge >= 0.3 is 0 Å². The second-order valence-electron chi connectivity index (χ2n) is 6.46. The maximum atomic E-state index is 12.1. The molecule has 2 saturated heterocycles. The number of piperidine rings is 1. The summed E-state index contributed by atoms with van der Waals surface area (Å²) in [6, 6.07) is 6.25. The highest BCUT2D eigenvalue weighted by Crippen LogP contribution is 2.30. The number of piperazine rings is 1. The zero-order valence-corrected chi connectivity index (χ0v) is 16.2. The van der Waals surface area contributed by atoms with E-state index in [9.17, 15) is 4.79 Å². The molecule has 7 heteroatoms. The van der Waals surface area contributed by atoms with Crippen LogP contribution in [0, 0.1) is 0 Å². The number of hydrogen-bond acceptors (Lipinski definition) is 4. The number of amides is 1. The van der Waals surface area contributed by atoms with Crippen LogP contribution >= 0.6 is 24.0 Å². The zero-order chi connectivity index (χ0) is 16.9. The molecule has 0 saturated carbocycles. The summed E-state index contributed by atoms with van der Waals surface area (Å²) in [6.07, 6.45) is 2.21. The molecule has 0 radical (unpaired) electrons. The SMILES string of the molecule is CCOc1c(Cl)cccc1CN1CCCC(N2CCNCC2=O)C1.Cl. The lowest BCUT2D eigenvalue weighted by Gasteiger charge is -2.41. The summed E-state index contributed by atoms with van der Waals surface area (Å²) in [6.45, 7) is 7.54. The van der Waals surface area contributed by atoms with Gasteiger partial charge in [-0.15, -0.1) is 12.4 Å². The van der Waals surface area contributed by atoms with E-state index in [1.165, 1.54) is 0 Å². The van der Waals surface area contributed by atoms with Crippen molar-refractivity contribution in [1.29, 1.82) is 0 Å². The Bertz CT molecular complexity index is 585. The number of nitrogens with zero attached hydrogens (tertiary/aromatic N) is 2. The van der Waals surface area contributed by atoms with Crippen LogP contribution in [-0.2, 0) is 11.3 Å². The molecule has 1 atom stereocenters. The van der Waals surface area contributed by atoms with Crippen LogP contribution < -0.4 is 10.1 Å². The highest BCUT2D eigenvalue weighted by Gasteiger charge is 2.30. The number of nitrogens with one attached hydrogen (secondary N) is 1. The molecule has 1 aromatic carbocycles. The fourth-order valence-electron chi connectivity index (χ4n) is 3.66. The Morgan fingerprint density at radius 3 is 2.96 bits per heavy atom. The monoisotopic (exact) mass is 387 g/mol. The molecule has 25 heavy (non-hydrogen) atoms. The number of likely N-dealkylation sites (tertiary alicyclic amines) is 1. The summed E-state index contributed by atoms with van der Waals surface area (Å²) in [5, 5.41) is 3.81. The number of benzene rings is 1. The van der Waals surface area contributed by atoms with Gasteiger partial charge < -0.3 is 15.0 Å². The minimum absolute atomic E-state index is 0. The van der Waals surface area contributed by atoms with Crippen LogP contribution in [0.15, 0.2) is 18.2 Å². The smallest absolute Gasteiger partial charge is 0.236 e. The van der Waals surface area contributed by atoms with E-state index in [0.717, 1.165) is 56.9 Å². The van der Waals surface area contributed by atoms with Crippen molar-refractivity contribution in [3.8, 4) is 5.75 Å². The summed E-state index contributed by atoms with van der Waals surface area (Å²) in [5.74, 6) is 1.02. The average molecular weight is 388 g/mol. The Kier molecular flexibility index (Phi) is 7.81. The van der Waals surface area contributed by atoms with Crippen molar-refractivity contribution in [3.05, 3.63) is 28.8 Å². The first-order valence-corrected chi connectivity index (χ1v) is 9.19. The topological polar surface area (TPSA) is 44.8 Å². The van der Waals surface area contributed by atoms with E-state index >= 15 is 0 Å². The van der Waals surface area contributed by atoms with E-state index in [-0.39, 0.29) is 18.3 Å². The molecule has 2 aliphatic rings. The van der Waals surface area contributed by atoms with E-state index in [1.54, 1.807) is 0 Å². The van der Waals surface area contributed by atoms with Crippen molar-refractivity contribution in [2.45, 2.75) is 32.4 Å². The predicted octanol–water partition coefficient (Wildman–Crippen LogP) is 2.56. The quantitative estimate of drug-likeness (QED) is 0.842. The summed E-state index contributed by atoms with van der Waals surface area (Å²) in [7, 11) is 0. The van der Waals surface area contributed by atoms with Crippen LogP contribution in [-0.4, -0.2) is 61.1 Å². The third-order valence-electron chi connectivity index (χ3n) is 4.78. The summed E-state index contributed by atoms with van der Waals surface area (Å²) in [5.41, 5.74) is 1.12. The van der Waals surface area contributed by atoms with Gasteiger partial charge in [-0.2, -0.15) is 0 Å². The lowest BCUT2D eigenvalue weighted by Crippen LogP contribution is -2.56. The molecule has 1 N–H and O–H groups in total. The van der Waals surface area contributed by atoms with E-state index in [4.69, 9.17) is 16.3 Å². The van der Waals surface area contributed by atoms with Crippen LogP contribution in [0.5, 0.6) is 5.75 Å². The third kappa shape index (κ3) is 5.00. The number of rotatable bonds is 5. The largest absolute Gasteiger partial charge is 0.492 e. The van der Waals surface area contributed by atoms with Crippen molar-refractivity contribution in [2.75, 3.05) is 39.3 Å². The van der Waals surface area contributed by atoms with Crippen molar-refractivity contribution in [3.63, 3.8) is 0 Å². The van der Waals surface area contributed by atoms with Gasteiger partial charge in [-0.3, -0.25) is 9.69 Å². The second kappa shape index (κ2) is 9.62. The number of carbonyl (C=O) groups is 1. The first-order valence-electron chi connectivity index (χ1n) is 8.81. The minimum Gasteiger partial charge on any atom is -0.492 e. The van der Waals surface area contributed by atoms with Gasteiger partial charge in [-0.25, -0.2) is 0 Å². The third-order valence-corrected chi connectivity index (χ3v) is 5.08. The van der Waals surface area contributed by atoms with E-state index in [0.29, 0.717) is 24.2 Å². The zero-order valence-electron chi connectivity index (χ0n) is 14.7. The molecule has 0 spiro atoms. The number of para-hydroxylation sites is 1. The molecule has 2 aliphatic heterocycles. The number of hydrogen-bond donors (Lipinski definition) is 1. The lowest BCUT2D eigenvalue weighted by molar-refractivity contribution is -0.135. The predicted molar refractivity (Wildman–Crippen MR) is 103 cm³/mol. The maximum absolute atomic E-state index is 12.1. The number of ether oxygens (including phenoxy) is 1. The highest BCUT2D eigenvalue weighted by atomic mass is 35.5. The van der Waals surface area contributed by atoms with Crippen molar-refractivity contribution in [2.24, 2.45) is 0 Å². The first kappa shape index (κ1) is 20.3. The Hall–Kier alpha value is -1.01. The first-order chi connectivity index (χ1) is 11.7. The van der Waals surface area contributed by atoms with Gasteiger partial charge in [-0.1, -0.05) is 23.7 Å². The van der Waals surface area contributed by atoms with E-state index < -0.39 is 0 Å². The van der Waals surface area contributed by atoms with E-state index in [2.05, 4.69) is 21.2 Å². The van der Waals surface area contributed by atoms with Gasteiger partial charge in [0.25, 0.3) is 0 Å². The summed E-state index contributed by atoms with van der Waals surface area (Å²) in [4.78, 5) is 16.6. The van der Waals surface area contributed by atoms with Gasteiger partial charge in [0.2, 0.25) is 5.91 Å². The Balaban J connectivity index is 0.00000225. The normalized spacial score (nSPS) is 21.8. The van der Waals surface area contributed by atoms with Crippen molar-refractivity contribution < 1.29 is 9.53 Å². The van der Waals surface area contributed by atoms with Crippen molar-refractivity contribution >= 4 is 29.9 Å². The van der Waals surface area contributed by atoms with Gasteiger partial charge in [0.1, 0.15) is 5.75 Å². The number of halogens is 2. The molecule has 0 aromatic heterocycles. The molecule has 1 amide bonds. The molecule has 2 fully saturated rings. The molecule has 3 rings (SSSR count). The molecule has 1 aromatic rings. The lowest BCUT2D eigenvalue weighted by atomic mass is 10.0. The van der Waals surface area contributed by atoms with Crippen LogP contribution in [0.4, 0.5) is 0 Å². The Labute approximate surface area is 161 Å². The van der Waals surface area contributed by atoms with Crippen LogP contribution in [0.3, 0.4) is 0 Å². The van der Waals surface area contributed by atoms with Crippen LogP contribution in [0.1, 0.15) is 25.3 Å². The molecule has 0 aliphatic carbocycles. The fourth-order valence-corrected chi connectivity index (χ4v) is 3.91. The number of carbonyl (C=O) groups excluding carboxylic acids is 1. The molecule has 1 unspecified atom stereocenters. The molecule has 140 valence electrons. The average Bonchev–Trinajstić information content (AvgIpc) is 2.59. The fraction of sp³-hybridized carbons (Fsp3) is 0.611. The highest BCUT2D eigenvalue weighted by molar-refractivity contribution is 6.32. The molecule has 2 heterocycles. The minimum atomic E-state index is 0. The maximum Gasteiger partial charge on any atom is 0.236 e. The van der Waals surface area contributed by atoms with Gasteiger partial charge in [-0.05, 0) is 32.4 Å².